The number of carbonyl (C=O) groups is 4. The fourth-order valence-corrected chi connectivity index (χ4v) is 6.30. The van der Waals surface area contributed by atoms with Crippen molar-refractivity contribution >= 4 is 34.8 Å². The number of benzene rings is 2. The van der Waals surface area contributed by atoms with Gasteiger partial charge in [-0.3, -0.25) is 24.2 Å². The number of carbonyl (C=O) groups excluding carboxylic acids is 4. The van der Waals surface area contributed by atoms with E-state index in [1.807, 2.05) is 47.8 Å². The van der Waals surface area contributed by atoms with Gasteiger partial charge in [-0.05, 0) is 66.4 Å². The van der Waals surface area contributed by atoms with Crippen LogP contribution in [0.5, 0.6) is 11.5 Å². The second-order valence-electron chi connectivity index (χ2n) is 10.2. The summed E-state index contributed by atoms with van der Waals surface area (Å²) in [4.78, 5) is 61.7. The van der Waals surface area contributed by atoms with Gasteiger partial charge in [0.2, 0.25) is 5.91 Å². The van der Waals surface area contributed by atoms with Crippen molar-refractivity contribution in [2.24, 2.45) is 0 Å². The molecule has 2 aliphatic heterocycles. The van der Waals surface area contributed by atoms with Crippen LogP contribution in [-0.2, 0) is 16.0 Å². The molecule has 2 fully saturated rings. The smallest absolute Gasteiger partial charge is 0.273 e. The Morgan fingerprint density at radius 1 is 0.929 bits per heavy atom. The lowest BCUT2D eigenvalue weighted by Crippen LogP contribution is -2.53. The maximum Gasteiger partial charge on any atom is 0.273 e. The van der Waals surface area contributed by atoms with Crippen molar-refractivity contribution in [1.82, 2.24) is 20.1 Å². The highest BCUT2D eigenvalue weighted by Crippen LogP contribution is 2.31. The highest BCUT2D eigenvalue weighted by molar-refractivity contribution is 7.09. The summed E-state index contributed by atoms with van der Waals surface area (Å²) in [5.74, 6) is 0.00297. The summed E-state index contributed by atoms with van der Waals surface area (Å²) in [6.07, 6.45) is 2.30. The summed E-state index contributed by atoms with van der Waals surface area (Å²) in [6.45, 7) is 0.238. The van der Waals surface area contributed by atoms with Crippen LogP contribution in [0.3, 0.4) is 0 Å². The average Bonchev–Trinajstić information content (AvgIpc) is 3.77. The predicted octanol–water partition coefficient (Wildman–Crippen LogP) is 3.97. The molecule has 0 bridgehead atoms. The molecule has 4 heterocycles. The largest absolute Gasteiger partial charge is 0.457 e. The number of hydrogen-bond donors (Lipinski definition) is 1. The topological polar surface area (TPSA) is 109 Å². The molecule has 212 valence electrons. The molecule has 1 N–H and O–H groups in total. The van der Waals surface area contributed by atoms with E-state index in [9.17, 15) is 19.2 Å². The summed E-state index contributed by atoms with van der Waals surface area (Å²) < 4.78 is 5.82. The number of pyridine rings is 1. The van der Waals surface area contributed by atoms with Crippen LogP contribution in [0.25, 0.3) is 0 Å². The standard InChI is InChI=1S/C32H28N4O5S/c37-28-20-36(31(39)25-10-4-5-16-33-25)27-15-17-35(29(27)28)32(40)26(19-24-9-6-18-42-24)34-30(38)21-11-13-23(14-12-21)41-22-7-2-1-3-8-22/h1-14,16,18,26-27,29H,15,17,19-20H2,(H,34,38). The summed E-state index contributed by atoms with van der Waals surface area (Å²) in [7, 11) is 0. The Morgan fingerprint density at radius 3 is 2.40 bits per heavy atom. The first-order valence-corrected chi connectivity index (χ1v) is 14.6. The molecule has 0 spiro atoms. The molecule has 2 saturated heterocycles. The summed E-state index contributed by atoms with van der Waals surface area (Å²) in [5.41, 5.74) is 0.640. The van der Waals surface area contributed by atoms with E-state index in [1.165, 1.54) is 27.3 Å². The van der Waals surface area contributed by atoms with Gasteiger partial charge in [0.1, 0.15) is 29.3 Å². The fourth-order valence-electron chi connectivity index (χ4n) is 5.55. The third-order valence-electron chi connectivity index (χ3n) is 7.53. The molecule has 0 aliphatic carbocycles. The number of likely N-dealkylation sites (tertiary alicyclic amines) is 2. The zero-order valence-electron chi connectivity index (χ0n) is 22.6. The number of ether oxygens (including phenoxy) is 1. The van der Waals surface area contributed by atoms with Crippen LogP contribution >= 0.6 is 11.3 Å². The molecule has 2 aromatic heterocycles. The van der Waals surface area contributed by atoms with E-state index in [1.54, 1.807) is 42.5 Å². The van der Waals surface area contributed by atoms with E-state index >= 15 is 0 Å². The van der Waals surface area contributed by atoms with Gasteiger partial charge in [-0.15, -0.1) is 11.3 Å². The monoisotopic (exact) mass is 580 g/mol. The predicted molar refractivity (Wildman–Crippen MR) is 156 cm³/mol. The van der Waals surface area contributed by atoms with Crippen LogP contribution in [0.15, 0.2) is 96.5 Å². The Bertz CT molecular complexity index is 1580. The number of rotatable bonds is 8. The molecular weight excluding hydrogens is 552 g/mol. The van der Waals surface area contributed by atoms with E-state index in [0.717, 1.165) is 4.88 Å². The number of amides is 3. The van der Waals surface area contributed by atoms with E-state index in [0.29, 0.717) is 30.0 Å². The van der Waals surface area contributed by atoms with Crippen molar-refractivity contribution in [3.63, 3.8) is 0 Å². The van der Waals surface area contributed by atoms with Gasteiger partial charge in [-0.1, -0.05) is 30.3 Å². The number of aromatic nitrogens is 1. The van der Waals surface area contributed by atoms with Crippen molar-refractivity contribution in [2.75, 3.05) is 13.1 Å². The zero-order chi connectivity index (χ0) is 29.1. The molecule has 2 aromatic carbocycles. The normalized spacial score (nSPS) is 18.4. The molecule has 10 heteroatoms. The van der Waals surface area contributed by atoms with E-state index in [2.05, 4.69) is 10.3 Å². The average molecular weight is 581 g/mol. The molecule has 2 aliphatic rings. The summed E-state index contributed by atoms with van der Waals surface area (Å²) in [5, 5.41) is 4.82. The van der Waals surface area contributed by atoms with E-state index < -0.39 is 24.0 Å². The van der Waals surface area contributed by atoms with Gasteiger partial charge in [0.25, 0.3) is 11.8 Å². The first kappa shape index (κ1) is 27.3. The van der Waals surface area contributed by atoms with E-state index in [4.69, 9.17) is 4.74 Å². The minimum atomic E-state index is -0.886. The lowest BCUT2D eigenvalue weighted by Gasteiger charge is -2.28. The SMILES string of the molecule is O=C(NC(Cc1cccs1)C(=O)N1CCC2C1C(=O)CN2C(=O)c1ccccn1)c1ccc(Oc2ccccc2)cc1. The van der Waals surface area contributed by atoms with Crippen LogP contribution in [0.4, 0.5) is 0 Å². The molecule has 3 amide bonds. The van der Waals surface area contributed by atoms with Gasteiger partial charge in [0.15, 0.2) is 5.78 Å². The first-order chi connectivity index (χ1) is 20.5. The van der Waals surface area contributed by atoms with Crippen LogP contribution in [-0.4, -0.2) is 69.5 Å². The van der Waals surface area contributed by atoms with Crippen molar-refractivity contribution in [1.29, 1.82) is 0 Å². The lowest BCUT2D eigenvalue weighted by atomic mass is 10.1. The number of fused-ring (bicyclic) bond motifs is 1. The molecule has 9 nitrogen and oxygen atoms in total. The van der Waals surface area contributed by atoms with Gasteiger partial charge >= 0.3 is 0 Å². The van der Waals surface area contributed by atoms with Crippen molar-refractivity contribution in [3.8, 4) is 11.5 Å². The third-order valence-corrected chi connectivity index (χ3v) is 8.43. The van der Waals surface area contributed by atoms with Crippen molar-refractivity contribution < 1.29 is 23.9 Å². The lowest BCUT2D eigenvalue weighted by molar-refractivity contribution is -0.138. The second kappa shape index (κ2) is 12.0. The molecule has 0 saturated carbocycles. The molecule has 6 rings (SSSR count). The van der Waals surface area contributed by atoms with Crippen LogP contribution < -0.4 is 10.1 Å². The Morgan fingerprint density at radius 2 is 1.69 bits per heavy atom. The number of thiophene rings is 1. The van der Waals surface area contributed by atoms with Gasteiger partial charge in [-0.2, -0.15) is 0 Å². The minimum Gasteiger partial charge on any atom is -0.457 e. The van der Waals surface area contributed by atoms with Crippen molar-refractivity contribution in [2.45, 2.75) is 31.0 Å². The third kappa shape index (κ3) is 5.66. The zero-order valence-corrected chi connectivity index (χ0v) is 23.4. The maximum atomic E-state index is 14.0. The highest BCUT2D eigenvalue weighted by Gasteiger charge is 2.52. The molecular formula is C32H28N4O5S. The Hall–Kier alpha value is -4.83. The maximum absolute atomic E-state index is 14.0. The number of ketones is 1. The number of hydrogen-bond acceptors (Lipinski definition) is 7. The Kier molecular flexibility index (Phi) is 7.78. The second-order valence-corrected chi connectivity index (χ2v) is 11.2. The summed E-state index contributed by atoms with van der Waals surface area (Å²) in [6, 6.07) is 22.8. The van der Waals surface area contributed by atoms with Crippen LogP contribution in [0.1, 0.15) is 32.1 Å². The van der Waals surface area contributed by atoms with Gasteiger partial charge in [-0.25, -0.2) is 0 Å². The van der Waals surface area contributed by atoms with Gasteiger partial charge in [0.05, 0.1) is 12.6 Å². The fraction of sp³-hybridized carbons (Fsp3) is 0.219. The van der Waals surface area contributed by atoms with E-state index in [-0.39, 0.29) is 36.3 Å². The molecule has 42 heavy (non-hydrogen) atoms. The number of nitrogens with one attached hydrogen (secondary N) is 1. The first-order valence-electron chi connectivity index (χ1n) is 13.7. The summed E-state index contributed by atoms with van der Waals surface area (Å²) >= 11 is 1.49. The van der Waals surface area contributed by atoms with Gasteiger partial charge < -0.3 is 19.9 Å². The van der Waals surface area contributed by atoms with Crippen molar-refractivity contribution in [3.05, 3.63) is 113 Å². The Balaban J connectivity index is 1.17. The number of para-hydroxylation sites is 1. The Labute approximate surface area is 246 Å². The van der Waals surface area contributed by atoms with Crippen LogP contribution in [0.2, 0.25) is 0 Å². The van der Waals surface area contributed by atoms with Crippen LogP contribution in [0, 0.1) is 0 Å². The molecule has 3 atom stereocenters. The quantitative estimate of drug-likeness (QED) is 0.338. The highest BCUT2D eigenvalue weighted by atomic mass is 32.1. The van der Waals surface area contributed by atoms with Gasteiger partial charge in [0, 0.05) is 29.6 Å². The molecule has 3 unspecified atom stereocenters. The number of Topliss-reactive ketones (excluding diaryl/α,β-unsaturated/α-hetero) is 1. The molecule has 0 radical (unpaired) electrons. The number of nitrogens with zero attached hydrogens (tertiary/aromatic N) is 3. The molecule has 4 aromatic rings. The minimum absolute atomic E-state index is 0.0755.